The molecule has 2 heteroatoms. The van der Waals surface area contributed by atoms with Crippen LogP contribution in [0.4, 0.5) is 0 Å². The van der Waals surface area contributed by atoms with Gasteiger partial charge in [-0.1, -0.05) is 13.8 Å². The third-order valence-corrected chi connectivity index (χ3v) is 2.96. The van der Waals surface area contributed by atoms with Gasteiger partial charge in [0.05, 0.1) is 0 Å². The molecule has 1 heterocycles. The molecule has 1 unspecified atom stereocenters. The van der Waals surface area contributed by atoms with Gasteiger partial charge in [0.2, 0.25) is 0 Å². The van der Waals surface area contributed by atoms with Crippen LogP contribution in [0.3, 0.4) is 0 Å². The fourth-order valence-corrected chi connectivity index (χ4v) is 2.12. The van der Waals surface area contributed by atoms with Crippen molar-refractivity contribution in [2.75, 3.05) is 13.1 Å². The molecular weight excluding hydrogens is 178 g/mol. The van der Waals surface area contributed by atoms with Gasteiger partial charge in [-0.15, -0.1) is 0 Å². The lowest BCUT2D eigenvalue weighted by atomic mass is 10.0. The van der Waals surface area contributed by atoms with Crippen LogP contribution in [0, 0.1) is 5.92 Å². The van der Waals surface area contributed by atoms with E-state index in [4.69, 9.17) is 0 Å². The standard InChI is InChI=1S/C11H19NS/c1-3-12-6-4-10(2)8-11-5-7-13-9-11/h5,7,9-10,12H,3-4,6,8H2,1-2H3. The second-order valence-electron chi connectivity index (χ2n) is 3.58. The minimum Gasteiger partial charge on any atom is -0.317 e. The molecule has 0 saturated carbocycles. The largest absolute Gasteiger partial charge is 0.317 e. The smallest absolute Gasteiger partial charge is 0.00464 e. The first-order valence-electron chi connectivity index (χ1n) is 5.04. The molecule has 1 aromatic rings. The number of rotatable bonds is 6. The van der Waals surface area contributed by atoms with E-state index in [0.29, 0.717) is 0 Å². The molecule has 0 bridgehead atoms. The van der Waals surface area contributed by atoms with Gasteiger partial charge < -0.3 is 5.32 Å². The lowest BCUT2D eigenvalue weighted by Crippen LogP contribution is -2.17. The predicted molar refractivity (Wildman–Crippen MR) is 60.3 cm³/mol. The van der Waals surface area contributed by atoms with Crippen LogP contribution < -0.4 is 5.32 Å². The molecule has 1 atom stereocenters. The van der Waals surface area contributed by atoms with Crippen molar-refractivity contribution >= 4 is 11.3 Å². The van der Waals surface area contributed by atoms with Crippen molar-refractivity contribution in [3.05, 3.63) is 22.4 Å². The van der Waals surface area contributed by atoms with Crippen molar-refractivity contribution in [2.45, 2.75) is 26.7 Å². The zero-order chi connectivity index (χ0) is 9.52. The fraction of sp³-hybridized carbons (Fsp3) is 0.636. The number of thiophene rings is 1. The van der Waals surface area contributed by atoms with Gasteiger partial charge in [-0.3, -0.25) is 0 Å². The second kappa shape index (κ2) is 6.17. The molecule has 0 saturated heterocycles. The van der Waals surface area contributed by atoms with E-state index < -0.39 is 0 Å². The maximum atomic E-state index is 3.36. The summed E-state index contributed by atoms with van der Waals surface area (Å²) in [5, 5.41) is 7.77. The quantitative estimate of drug-likeness (QED) is 0.691. The monoisotopic (exact) mass is 197 g/mol. The van der Waals surface area contributed by atoms with E-state index in [2.05, 4.69) is 36.0 Å². The Kier molecular flexibility index (Phi) is 5.09. The molecule has 0 aromatic carbocycles. The van der Waals surface area contributed by atoms with E-state index in [0.717, 1.165) is 19.0 Å². The molecule has 1 N–H and O–H groups in total. The highest BCUT2D eigenvalue weighted by Gasteiger charge is 2.02. The summed E-state index contributed by atoms with van der Waals surface area (Å²) in [4.78, 5) is 0. The zero-order valence-electron chi connectivity index (χ0n) is 8.55. The Labute approximate surface area is 85.2 Å². The minimum absolute atomic E-state index is 0.800. The van der Waals surface area contributed by atoms with Gasteiger partial charge in [0.25, 0.3) is 0 Å². The van der Waals surface area contributed by atoms with Crippen LogP contribution in [0.15, 0.2) is 16.8 Å². The Hall–Kier alpha value is -0.340. The maximum absolute atomic E-state index is 3.36. The minimum atomic E-state index is 0.800. The van der Waals surface area contributed by atoms with Crippen LogP contribution in [-0.2, 0) is 6.42 Å². The van der Waals surface area contributed by atoms with Crippen LogP contribution in [0.1, 0.15) is 25.8 Å². The Balaban J connectivity index is 2.14. The highest BCUT2D eigenvalue weighted by Crippen LogP contribution is 2.13. The first-order valence-corrected chi connectivity index (χ1v) is 5.99. The van der Waals surface area contributed by atoms with Crippen LogP contribution in [0.2, 0.25) is 0 Å². The van der Waals surface area contributed by atoms with Gasteiger partial charge in [-0.2, -0.15) is 11.3 Å². The van der Waals surface area contributed by atoms with Crippen molar-refractivity contribution in [3.8, 4) is 0 Å². The first-order chi connectivity index (χ1) is 6.33. The van der Waals surface area contributed by atoms with Crippen LogP contribution in [0.5, 0.6) is 0 Å². The summed E-state index contributed by atoms with van der Waals surface area (Å²) in [5.74, 6) is 0.800. The van der Waals surface area contributed by atoms with Crippen LogP contribution in [-0.4, -0.2) is 13.1 Å². The molecule has 74 valence electrons. The Morgan fingerprint density at radius 2 is 2.38 bits per heavy atom. The molecule has 13 heavy (non-hydrogen) atoms. The van der Waals surface area contributed by atoms with E-state index in [1.165, 1.54) is 18.4 Å². The SMILES string of the molecule is CCNCCC(C)Cc1ccsc1. The summed E-state index contributed by atoms with van der Waals surface area (Å²) < 4.78 is 0. The third-order valence-electron chi connectivity index (χ3n) is 2.23. The van der Waals surface area contributed by atoms with Gasteiger partial charge in [-0.05, 0) is 54.2 Å². The Morgan fingerprint density at radius 3 is 3.00 bits per heavy atom. The molecule has 0 spiro atoms. The van der Waals surface area contributed by atoms with Crippen LogP contribution >= 0.6 is 11.3 Å². The van der Waals surface area contributed by atoms with Gasteiger partial charge in [-0.25, -0.2) is 0 Å². The predicted octanol–water partition coefficient (Wildman–Crippen LogP) is 2.93. The maximum Gasteiger partial charge on any atom is -0.00464 e. The van der Waals surface area contributed by atoms with E-state index in [1.54, 1.807) is 11.3 Å². The van der Waals surface area contributed by atoms with Gasteiger partial charge in [0.15, 0.2) is 0 Å². The Morgan fingerprint density at radius 1 is 1.54 bits per heavy atom. The molecular formula is C11H19NS. The number of hydrogen-bond donors (Lipinski definition) is 1. The normalized spacial score (nSPS) is 13.1. The first kappa shape index (κ1) is 10.7. The summed E-state index contributed by atoms with van der Waals surface area (Å²) in [6.45, 7) is 6.73. The number of hydrogen-bond acceptors (Lipinski definition) is 2. The summed E-state index contributed by atoms with van der Waals surface area (Å²) in [5.41, 5.74) is 1.49. The van der Waals surface area contributed by atoms with Crippen molar-refractivity contribution in [3.63, 3.8) is 0 Å². The molecule has 0 amide bonds. The molecule has 1 nitrogen and oxygen atoms in total. The molecule has 1 aromatic heterocycles. The van der Waals surface area contributed by atoms with Gasteiger partial charge in [0, 0.05) is 0 Å². The molecule has 0 fully saturated rings. The summed E-state index contributed by atoms with van der Waals surface area (Å²) in [7, 11) is 0. The zero-order valence-corrected chi connectivity index (χ0v) is 9.36. The molecule has 0 aliphatic rings. The molecule has 0 aliphatic carbocycles. The fourth-order valence-electron chi connectivity index (χ4n) is 1.44. The van der Waals surface area contributed by atoms with Crippen molar-refractivity contribution in [2.24, 2.45) is 5.92 Å². The van der Waals surface area contributed by atoms with E-state index in [-0.39, 0.29) is 0 Å². The lowest BCUT2D eigenvalue weighted by molar-refractivity contribution is 0.505. The summed E-state index contributed by atoms with van der Waals surface area (Å²) >= 11 is 1.79. The lowest BCUT2D eigenvalue weighted by Gasteiger charge is -2.09. The molecule has 1 rings (SSSR count). The molecule has 0 radical (unpaired) electrons. The van der Waals surface area contributed by atoms with Crippen molar-refractivity contribution in [1.82, 2.24) is 5.32 Å². The van der Waals surface area contributed by atoms with Gasteiger partial charge in [0.1, 0.15) is 0 Å². The summed E-state index contributed by atoms with van der Waals surface area (Å²) in [6.07, 6.45) is 2.51. The van der Waals surface area contributed by atoms with E-state index >= 15 is 0 Å². The van der Waals surface area contributed by atoms with Crippen molar-refractivity contribution < 1.29 is 0 Å². The van der Waals surface area contributed by atoms with Crippen LogP contribution in [0.25, 0.3) is 0 Å². The second-order valence-corrected chi connectivity index (χ2v) is 4.36. The van der Waals surface area contributed by atoms with E-state index in [9.17, 15) is 0 Å². The van der Waals surface area contributed by atoms with E-state index in [1.807, 2.05) is 0 Å². The van der Waals surface area contributed by atoms with Gasteiger partial charge >= 0.3 is 0 Å². The topological polar surface area (TPSA) is 12.0 Å². The molecule has 0 aliphatic heterocycles. The highest BCUT2D eigenvalue weighted by atomic mass is 32.1. The average Bonchev–Trinajstić information content (AvgIpc) is 2.57. The Bertz CT molecular complexity index is 206. The highest BCUT2D eigenvalue weighted by molar-refractivity contribution is 7.07. The summed E-state index contributed by atoms with van der Waals surface area (Å²) in [6, 6.07) is 2.23. The van der Waals surface area contributed by atoms with Crippen molar-refractivity contribution in [1.29, 1.82) is 0 Å². The average molecular weight is 197 g/mol. The third kappa shape index (κ3) is 4.44. The number of nitrogens with one attached hydrogen (secondary N) is 1.